The second kappa shape index (κ2) is 6.20. The van der Waals surface area contributed by atoms with Gasteiger partial charge in [0.2, 0.25) is 5.91 Å². The van der Waals surface area contributed by atoms with Gasteiger partial charge in [0.05, 0.1) is 11.5 Å². The van der Waals surface area contributed by atoms with Gasteiger partial charge in [0.1, 0.15) is 0 Å². The Hall–Kier alpha value is -0.620. The average Bonchev–Trinajstić information content (AvgIpc) is 2.53. The zero-order valence-electron chi connectivity index (χ0n) is 9.66. The first-order valence-corrected chi connectivity index (χ1v) is 7.56. The lowest BCUT2D eigenvalue weighted by Crippen LogP contribution is -2.37. The van der Waals surface area contributed by atoms with E-state index in [1.165, 1.54) is 0 Å². The van der Waals surface area contributed by atoms with Gasteiger partial charge in [-0.2, -0.15) is 0 Å². The van der Waals surface area contributed by atoms with Crippen LogP contribution in [0.5, 0.6) is 0 Å². The Kier molecular flexibility index (Phi) is 5.21. The monoisotopic (exact) mass is 248 g/mol. The third kappa shape index (κ3) is 4.94. The summed E-state index contributed by atoms with van der Waals surface area (Å²) in [5.41, 5.74) is 0. The molecule has 1 atom stereocenters. The fourth-order valence-electron chi connectivity index (χ4n) is 1.71. The zero-order chi connectivity index (χ0) is 12.0. The predicted octanol–water partition coefficient (Wildman–Crippen LogP) is -0.321. The summed E-state index contributed by atoms with van der Waals surface area (Å²) in [7, 11) is -2.90. The Morgan fingerprint density at radius 3 is 2.69 bits per heavy atom. The van der Waals surface area contributed by atoms with E-state index in [1.807, 2.05) is 0 Å². The molecule has 1 unspecified atom stereocenters. The van der Waals surface area contributed by atoms with Crippen molar-refractivity contribution >= 4 is 15.7 Å². The highest BCUT2D eigenvalue weighted by molar-refractivity contribution is 7.91. The number of rotatable bonds is 6. The molecule has 2 N–H and O–H groups in total. The minimum atomic E-state index is -2.90. The fourth-order valence-corrected chi connectivity index (χ4v) is 3.39. The van der Waals surface area contributed by atoms with Crippen molar-refractivity contribution in [2.24, 2.45) is 0 Å². The lowest BCUT2D eigenvalue weighted by atomic mass is 10.2. The maximum atomic E-state index is 11.4. The molecule has 1 aliphatic rings. The lowest BCUT2D eigenvalue weighted by Gasteiger charge is -2.10. The van der Waals surface area contributed by atoms with Crippen molar-refractivity contribution in [2.75, 3.05) is 24.6 Å². The van der Waals surface area contributed by atoms with Crippen LogP contribution < -0.4 is 10.6 Å². The largest absolute Gasteiger partial charge is 0.352 e. The molecule has 6 heteroatoms. The number of carbonyl (C=O) groups excluding carboxylic acids is 1. The molecule has 0 radical (unpaired) electrons. The quantitative estimate of drug-likeness (QED) is 0.632. The molecule has 1 rings (SSSR count). The molecule has 0 bridgehead atoms. The van der Waals surface area contributed by atoms with Crippen LogP contribution in [0, 0.1) is 0 Å². The summed E-state index contributed by atoms with van der Waals surface area (Å²) in [5, 5.41) is 5.88. The summed E-state index contributed by atoms with van der Waals surface area (Å²) in [6.45, 7) is 3.63. The standard InChI is InChI=1S/C10H20N2O3S/c1-2-5-11-6-3-10(13)12-9-4-7-16(14,15)8-9/h9,11H,2-8H2,1H3,(H,12,13). The van der Waals surface area contributed by atoms with Crippen LogP contribution >= 0.6 is 0 Å². The fraction of sp³-hybridized carbons (Fsp3) is 0.900. The zero-order valence-corrected chi connectivity index (χ0v) is 10.5. The van der Waals surface area contributed by atoms with Crippen molar-refractivity contribution < 1.29 is 13.2 Å². The normalized spacial score (nSPS) is 23.2. The first-order chi connectivity index (χ1) is 7.53. The van der Waals surface area contributed by atoms with Crippen molar-refractivity contribution in [2.45, 2.75) is 32.2 Å². The molecule has 1 aliphatic heterocycles. The van der Waals surface area contributed by atoms with E-state index in [9.17, 15) is 13.2 Å². The topological polar surface area (TPSA) is 75.3 Å². The van der Waals surface area contributed by atoms with Crippen LogP contribution in [0.3, 0.4) is 0 Å². The highest BCUT2D eigenvalue weighted by atomic mass is 32.2. The van der Waals surface area contributed by atoms with Crippen molar-refractivity contribution in [1.29, 1.82) is 0 Å². The maximum absolute atomic E-state index is 11.4. The molecule has 1 heterocycles. The highest BCUT2D eigenvalue weighted by Crippen LogP contribution is 2.11. The summed E-state index contributed by atoms with van der Waals surface area (Å²) in [4.78, 5) is 11.4. The van der Waals surface area contributed by atoms with Gasteiger partial charge in [-0.25, -0.2) is 8.42 Å². The summed E-state index contributed by atoms with van der Waals surface area (Å²) < 4.78 is 22.3. The minimum Gasteiger partial charge on any atom is -0.352 e. The Labute approximate surface area is 96.9 Å². The number of amides is 1. The molecule has 0 aromatic carbocycles. The van der Waals surface area contributed by atoms with Gasteiger partial charge in [-0.1, -0.05) is 6.92 Å². The van der Waals surface area contributed by atoms with Crippen molar-refractivity contribution in [1.82, 2.24) is 10.6 Å². The number of nitrogens with one attached hydrogen (secondary N) is 2. The van der Waals surface area contributed by atoms with Crippen LogP contribution in [0.25, 0.3) is 0 Å². The van der Waals surface area contributed by atoms with E-state index in [0.29, 0.717) is 19.4 Å². The van der Waals surface area contributed by atoms with Crippen LogP contribution in [-0.4, -0.2) is 45.0 Å². The Bertz CT molecular complexity index is 327. The number of hydrogen-bond donors (Lipinski definition) is 2. The summed E-state index contributed by atoms with van der Waals surface area (Å²) in [6, 6.07) is -0.177. The van der Waals surface area contributed by atoms with Gasteiger partial charge in [-0.3, -0.25) is 4.79 Å². The number of hydrogen-bond acceptors (Lipinski definition) is 4. The molecular formula is C10H20N2O3S. The van der Waals surface area contributed by atoms with Gasteiger partial charge in [-0.05, 0) is 19.4 Å². The SMILES string of the molecule is CCCNCCC(=O)NC1CCS(=O)(=O)C1. The molecule has 94 valence electrons. The number of carbonyl (C=O) groups is 1. The van der Waals surface area contributed by atoms with Crippen molar-refractivity contribution in [3.8, 4) is 0 Å². The van der Waals surface area contributed by atoms with Crippen LogP contribution in [0.4, 0.5) is 0 Å². The summed E-state index contributed by atoms with van der Waals surface area (Å²) in [5.74, 6) is 0.235. The first-order valence-electron chi connectivity index (χ1n) is 5.74. The summed E-state index contributed by atoms with van der Waals surface area (Å²) >= 11 is 0. The van der Waals surface area contributed by atoms with Crippen LogP contribution in [-0.2, 0) is 14.6 Å². The molecular weight excluding hydrogens is 228 g/mol. The van der Waals surface area contributed by atoms with Crippen molar-refractivity contribution in [3.63, 3.8) is 0 Å². The third-order valence-electron chi connectivity index (χ3n) is 2.55. The van der Waals surface area contributed by atoms with Gasteiger partial charge >= 0.3 is 0 Å². The number of sulfone groups is 1. The van der Waals surface area contributed by atoms with E-state index >= 15 is 0 Å². The Morgan fingerprint density at radius 2 is 2.12 bits per heavy atom. The molecule has 0 aliphatic carbocycles. The lowest BCUT2D eigenvalue weighted by molar-refractivity contribution is -0.121. The molecule has 0 spiro atoms. The highest BCUT2D eigenvalue weighted by Gasteiger charge is 2.28. The Morgan fingerprint density at radius 1 is 1.38 bits per heavy atom. The van der Waals surface area contributed by atoms with E-state index in [0.717, 1.165) is 13.0 Å². The Balaban J connectivity index is 2.15. The van der Waals surface area contributed by atoms with E-state index < -0.39 is 9.84 Å². The smallest absolute Gasteiger partial charge is 0.221 e. The van der Waals surface area contributed by atoms with Gasteiger partial charge in [0.25, 0.3) is 0 Å². The maximum Gasteiger partial charge on any atom is 0.221 e. The second-order valence-corrected chi connectivity index (χ2v) is 6.40. The van der Waals surface area contributed by atoms with Gasteiger partial charge in [-0.15, -0.1) is 0 Å². The predicted molar refractivity (Wildman–Crippen MR) is 63.0 cm³/mol. The molecule has 0 aromatic heterocycles. The summed E-state index contributed by atoms with van der Waals surface area (Å²) in [6.07, 6.45) is 2.01. The van der Waals surface area contributed by atoms with E-state index in [4.69, 9.17) is 0 Å². The molecule has 1 fully saturated rings. The van der Waals surface area contributed by atoms with E-state index in [2.05, 4.69) is 17.6 Å². The van der Waals surface area contributed by atoms with E-state index in [1.54, 1.807) is 0 Å². The van der Waals surface area contributed by atoms with Gasteiger partial charge in [0, 0.05) is 19.0 Å². The van der Waals surface area contributed by atoms with Crippen LogP contribution in [0.2, 0.25) is 0 Å². The van der Waals surface area contributed by atoms with Gasteiger partial charge in [0.15, 0.2) is 9.84 Å². The van der Waals surface area contributed by atoms with Crippen LogP contribution in [0.15, 0.2) is 0 Å². The molecule has 1 saturated heterocycles. The molecule has 0 saturated carbocycles. The molecule has 5 nitrogen and oxygen atoms in total. The van der Waals surface area contributed by atoms with E-state index in [-0.39, 0.29) is 23.5 Å². The average molecular weight is 248 g/mol. The third-order valence-corrected chi connectivity index (χ3v) is 4.32. The molecule has 0 aromatic rings. The van der Waals surface area contributed by atoms with Crippen molar-refractivity contribution in [3.05, 3.63) is 0 Å². The second-order valence-electron chi connectivity index (χ2n) is 4.17. The minimum absolute atomic E-state index is 0.0642. The molecule has 1 amide bonds. The van der Waals surface area contributed by atoms with Gasteiger partial charge < -0.3 is 10.6 Å². The first kappa shape index (κ1) is 13.4. The molecule has 16 heavy (non-hydrogen) atoms. The van der Waals surface area contributed by atoms with Crippen LogP contribution in [0.1, 0.15) is 26.2 Å².